The van der Waals surface area contributed by atoms with E-state index in [0.717, 1.165) is 16.0 Å². The van der Waals surface area contributed by atoms with Crippen LogP contribution in [0.15, 0.2) is 41.0 Å². The topological polar surface area (TPSA) is 24.9 Å². The number of halogens is 3. The van der Waals surface area contributed by atoms with Crippen LogP contribution in [0, 0.1) is 0 Å². The zero-order valence-electron chi connectivity index (χ0n) is 8.05. The second-order valence-electron chi connectivity index (χ2n) is 3.14. The molecule has 0 amide bonds. The van der Waals surface area contributed by atoms with Crippen LogP contribution in [-0.2, 0) is 0 Å². The molecule has 0 aliphatic rings. The highest BCUT2D eigenvalue weighted by atomic mass is 79.9. The molecule has 2 nitrogen and oxygen atoms in total. The zero-order valence-corrected chi connectivity index (χ0v) is 11.1. The van der Waals surface area contributed by atoms with Crippen LogP contribution in [-0.4, -0.2) is 4.98 Å². The summed E-state index contributed by atoms with van der Waals surface area (Å²) in [4.78, 5) is 4.19. The van der Waals surface area contributed by atoms with Crippen LogP contribution in [0.1, 0.15) is 0 Å². The number of benzene rings is 1. The van der Waals surface area contributed by atoms with E-state index in [-0.39, 0.29) is 0 Å². The van der Waals surface area contributed by atoms with Gasteiger partial charge in [0.25, 0.3) is 0 Å². The third kappa shape index (κ3) is 3.11. The van der Waals surface area contributed by atoms with Gasteiger partial charge in [0.15, 0.2) is 0 Å². The van der Waals surface area contributed by atoms with E-state index in [1.165, 1.54) is 0 Å². The fourth-order valence-corrected chi connectivity index (χ4v) is 1.98. The maximum atomic E-state index is 5.89. The van der Waals surface area contributed by atoms with E-state index in [1.54, 1.807) is 24.4 Å². The minimum Gasteiger partial charge on any atom is -0.340 e. The Hall–Kier alpha value is -0.770. The van der Waals surface area contributed by atoms with Crippen LogP contribution >= 0.6 is 39.1 Å². The first-order valence-corrected chi connectivity index (χ1v) is 6.03. The quantitative estimate of drug-likeness (QED) is 0.852. The summed E-state index contributed by atoms with van der Waals surface area (Å²) in [6.07, 6.45) is 1.72. The molecule has 0 spiro atoms. The van der Waals surface area contributed by atoms with Gasteiger partial charge >= 0.3 is 0 Å². The first kappa shape index (κ1) is 11.7. The largest absolute Gasteiger partial charge is 0.340 e. The Labute approximate surface area is 112 Å². The molecule has 0 aliphatic heterocycles. The van der Waals surface area contributed by atoms with Crippen molar-refractivity contribution >= 4 is 50.6 Å². The Kier molecular flexibility index (Phi) is 3.69. The number of rotatable bonds is 2. The predicted molar refractivity (Wildman–Crippen MR) is 71.7 cm³/mol. The van der Waals surface area contributed by atoms with Gasteiger partial charge in [-0.2, -0.15) is 0 Å². The van der Waals surface area contributed by atoms with Crippen molar-refractivity contribution in [3.63, 3.8) is 0 Å². The normalized spacial score (nSPS) is 10.2. The fourth-order valence-electron chi connectivity index (χ4n) is 1.22. The molecule has 0 fully saturated rings. The molecule has 0 saturated carbocycles. The predicted octanol–water partition coefficient (Wildman–Crippen LogP) is 4.89. The molecule has 2 aromatic rings. The van der Waals surface area contributed by atoms with Crippen LogP contribution in [0.5, 0.6) is 0 Å². The van der Waals surface area contributed by atoms with Crippen molar-refractivity contribution in [2.45, 2.75) is 0 Å². The summed E-state index contributed by atoms with van der Waals surface area (Å²) >= 11 is 15.1. The van der Waals surface area contributed by atoms with E-state index >= 15 is 0 Å². The van der Waals surface area contributed by atoms with Crippen molar-refractivity contribution in [1.29, 1.82) is 0 Å². The Morgan fingerprint density at radius 2 is 1.75 bits per heavy atom. The van der Waals surface area contributed by atoms with Crippen molar-refractivity contribution in [3.05, 3.63) is 51.0 Å². The van der Waals surface area contributed by atoms with Gasteiger partial charge in [0.2, 0.25) is 0 Å². The number of nitrogens with one attached hydrogen (secondary N) is 1. The van der Waals surface area contributed by atoms with Crippen molar-refractivity contribution in [1.82, 2.24) is 4.98 Å². The lowest BCUT2D eigenvalue weighted by Crippen LogP contribution is -1.92. The van der Waals surface area contributed by atoms with E-state index in [4.69, 9.17) is 23.2 Å². The number of pyridine rings is 1. The van der Waals surface area contributed by atoms with Crippen molar-refractivity contribution in [2.24, 2.45) is 0 Å². The Morgan fingerprint density at radius 3 is 2.31 bits per heavy atom. The van der Waals surface area contributed by atoms with Gasteiger partial charge in [0.05, 0.1) is 0 Å². The van der Waals surface area contributed by atoms with Gasteiger partial charge in [-0.05, 0) is 46.3 Å². The minimum absolute atomic E-state index is 0.590. The molecule has 2 rings (SSSR count). The number of aromatic nitrogens is 1. The lowest BCUT2D eigenvalue weighted by atomic mass is 10.3. The van der Waals surface area contributed by atoms with E-state index < -0.39 is 0 Å². The summed E-state index contributed by atoms with van der Waals surface area (Å²) in [5, 5.41) is 4.29. The lowest BCUT2D eigenvalue weighted by molar-refractivity contribution is 1.29. The Morgan fingerprint density at radius 1 is 1.06 bits per heavy atom. The number of hydrogen-bond acceptors (Lipinski definition) is 2. The molecule has 1 aromatic heterocycles. The molecule has 1 heterocycles. The van der Waals surface area contributed by atoms with Crippen LogP contribution in [0.2, 0.25) is 10.0 Å². The summed E-state index contributed by atoms with van der Waals surface area (Å²) in [6, 6.07) is 9.03. The number of hydrogen-bond donors (Lipinski definition) is 1. The van der Waals surface area contributed by atoms with Crippen molar-refractivity contribution in [3.8, 4) is 0 Å². The van der Waals surface area contributed by atoms with Crippen LogP contribution in [0.4, 0.5) is 11.5 Å². The van der Waals surface area contributed by atoms with Gasteiger partial charge in [0.1, 0.15) is 5.82 Å². The van der Waals surface area contributed by atoms with Crippen LogP contribution in [0.25, 0.3) is 0 Å². The third-order valence-corrected chi connectivity index (χ3v) is 2.77. The number of anilines is 2. The van der Waals surface area contributed by atoms with E-state index in [1.807, 2.05) is 12.1 Å². The van der Waals surface area contributed by atoms with Gasteiger partial charge in [-0.3, -0.25) is 0 Å². The van der Waals surface area contributed by atoms with Crippen molar-refractivity contribution < 1.29 is 0 Å². The molecular weight excluding hydrogens is 311 g/mol. The Balaban J connectivity index is 2.23. The minimum atomic E-state index is 0.590. The molecule has 0 radical (unpaired) electrons. The standard InChI is InChI=1S/C11H7BrCl2N2/c12-7-1-2-11(15-6-7)16-10-4-8(13)3-9(14)5-10/h1-6H,(H,15,16). The molecular formula is C11H7BrCl2N2. The Bertz CT molecular complexity index is 480. The monoisotopic (exact) mass is 316 g/mol. The maximum Gasteiger partial charge on any atom is 0.130 e. The highest BCUT2D eigenvalue weighted by Gasteiger charge is 1.99. The van der Waals surface area contributed by atoms with E-state index in [9.17, 15) is 0 Å². The van der Waals surface area contributed by atoms with Gasteiger partial charge in [0, 0.05) is 26.4 Å². The lowest BCUT2D eigenvalue weighted by Gasteiger charge is -2.06. The molecule has 1 N–H and O–H groups in total. The smallest absolute Gasteiger partial charge is 0.130 e. The van der Waals surface area contributed by atoms with Gasteiger partial charge in [-0.25, -0.2) is 4.98 Å². The average Bonchev–Trinajstić information content (AvgIpc) is 2.20. The molecule has 82 valence electrons. The first-order chi connectivity index (χ1) is 7.63. The highest BCUT2D eigenvalue weighted by molar-refractivity contribution is 9.10. The molecule has 0 unspecified atom stereocenters. The zero-order chi connectivity index (χ0) is 11.5. The molecule has 0 atom stereocenters. The highest BCUT2D eigenvalue weighted by Crippen LogP contribution is 2.24. The maximum absolute atomic E-state index is 5.89. The SMILES string of the molecule is Clc1cc(Cl)cc(Nc2ccc(Br)cn2)c1. The first-order valence-electron chi connectivity index (χ1n) is 4.48. The van der Waals surface area contributed by atoms with Gasteiger partial charge in [-0.1, -0.05) is 23.2 Å². The summed E-state index contributed by atoms with van der Waals surface area (Å²) < 4.78 is 0.933. The van der Waals surface area contributed by atoms with Crippen LogP contribution in [0.3, 0.4) is 0 Å². The summed E-state index contributed by atoms with van der Waals surface area (Å²) in [5.74, 6) is 0.738. The molecule has 1 aromatic carbocycles. The fraction of sp³-hybridized carbons (Fsp3) is 0. The average molecular weight is 318 g/mol. The summed E-state index contributed by atoms with van der Waals surface area (Å²) in [5.41, 5.74) is 0.812. The number of nitrogens with zero attached hydrogens (tertiary/aromatic N) is 1. The summed E-state index contributed by atoms with van der Waals surface area (Å²) in [6.45, 7) is 0. The molecule has 5 heteroatoms. The van der Waals surface area contributed by atoms with Gasteiger partial charge < -0.3 is 5.32 Å². The van der Waals surface area contributed by atoms with Gasteiger partial charge in [-0.15, -0.1) is 0 Å². The second-order valence-corrected chi connectivity index (χ2v) is 4.93. The second kappa shape index (κ2) is 5.04. The molecule has 16 heavy (non-hydrogen) atoms. The van der Waals surface area contributed by atoms with Crippen molar-refractivity contribution in [2.75, 3.05) is 5.32 Å². The third-order valence-electron chi connectivity index (χ3n) is 1.86. The van der Waals surface area contributed by atoms with E-state index in [0.29, 0.717) is 10.0 Å². The summed E-state index contributed by atoms with van der Waals surface area (Å²) in [7, 11) is 0. The molecule has 0 bridgehead atoms. The van der Waals surface area contributed by atoms with Crippen LogP contribution < -0.4 is 5.32 Å². The molecule has 0 aliphatic carbocycles. The molecule has 0 saturated heterocycles. The van der Waals surface area contributed by atoms with E-state index in [2.05, 4.69) is 26.2 Å².